The molecule has 0 unspecified atom stereocenters. The number of rotatable bonds is 5. The van der Waals surface area contributed by atoms with Crippen molar-refractivity contribution in [3.05, 3.63) is 47.3 Å². The second kappa shape index (κ2) is 6.31. The smallest absolute Gasteiger partial charge is 0.254 e. The Morgan fingerprint density at radius 3 is 2.64 bits per heavy atom. The van der Waals surface area contributed by atoms with Crippen molar-refractivity contribution in [1.82, 2.24) is 15.1 Å². The monoisotopic (exact) mass is 321 g/mol. The summed E-state index contributed by atoms with van der Waals surface area (Å²) in [7, 11) is -3.22. The Balaban J connectivity index is 2.05. The van der Waals surface area contributed by atoms with Crippen molar-refractivity contribution in [3.8, 4) is 0 Å². The summed E-state index contributed by atoms with van der Waals surface area (Å²) >= 11 is 0. The van der Waals surface area contributed by atoms with Crippen LogP contribution in [0.3, 0.4) is 0 Å². The lowest BCUT2D eigenvalue weighted by Crippen LogP contribution is -2.22. The average Bonchev–Trinajstić information content (AvgIpc) is 2.92. The van der Waals surface area contributed by atoms with Gasteiger partial charge in [0.15, 0.2) is 9.84 Å². The van der Waals surface area contributed by atoms with Crippen molar-refractivity contribution in [3.63, 3.8) is 0 Å². The third-order valence-corrected chi connectivity index (χ3v) is 4.57. The Kier molecular flexibility index (Phi) is 4.65. The first-order valence-corrected chi connectivity index (χ1v) is 8.80. The Morgan fingerprint density at radius 1 is 1.36 bits per heavy atom. The number of aryl methyl sites for hydroxylation is 2. The van der Waals surface area contributed by atoms with E-state index in [2.05, 4.69) is 10.4 Å². The topological polar surface area (TPSA) is 81.1 Å². The molecule has 0 saturated heterocycles. The van der Waals surface area contributed by atoms with Gasteiger partial charge in [-0.05, 0) is 31.0 Å². The summed E-state index contributed by atoms with van der Waals surface area (Å²) in [4.78, 5) is 12.3. The van der Waals surface area contributed by atoms with E-state index in [1.165, 1.54) is 12.5 Å². The third kappa shape index (κ3) is 3.73. The molecule has 0 aliphatic heterocycles. The van der Waals surface area contributed by atoms with Gasteiger partial charge in [0.2, 0.25) is 0 Å². The highest BCUT2D eigenvalue weighted by Crippen LogP contribution is 2.16. The van der Waals surface area contributed by atoms with Gasteiger partial charge in [-0.3, -0.25) is 9.48 Å². The van der Waals surface area contributed by atoms with E-state index >= 15 is 0 Å². The number of aromatic nitrogens is 2. The van der Waals surface area contributed by atoms with E-state index in [1.54, 1.807) is 36.0 Å². The molecule has 1 amide bonds. The Labute approximate surface area is 130 Å². The molecule has 2 rings (SSSR count). The first kappa shape index (κ1) is 16.2. The van der Waals surface area contributed by atoms with E-state index < -0.39 is 9.84 Å². The van der Waals surface area contributed by atoms with Gasteiger partial charge in [-0.2, -0.15) is 5.10 Å². The summed E-state index contributed by atoms with van der Waals surface area (Å²) in [6.45, 7) is 4.73. The van der Waals surface area contributed by atoms with E-state index in [0.717, 1.165) is 5.56 Å². The van der Waals surface area contributed by atoms with E-state index in [1.807, 2.05) is 6.92 Å². The Morgan fingerprint density at radius 2 is 2.09 bits per heavy atom. The number of nitrogens with one attached hydrogen (secondary N) is 1. The van der Waals surface area contributed by atoms with Crippen molar-refractivity contribution in [1.29, 1.82) is 0 Å². The zero-order valence-corrected chi connectivity index (χ0v) is 13.6. The van der Waals surface area contributed by atoms with Crippen LogP contribution in [-0.2, 0) is 22.9 Å². The van der Waals surface area contributed by atoms with Gasteiger partial charge in [-0.1, -0.05) is 12.1 Å². The van der Waals surface area contributed by atoms with Crippen LogP contribution in [0.4, 0.5) is 0 Å². The predicted molar refractivity (Wildman–Crippen MR) is 83.4 cm³/mol. The van der Waals surface area contributed by atoms with Crippen molar-refractivity contribution >= 4 is 15.7 Å². The quantitative estimate of drug-likeness (QED) is 0.906. The number of sulfone groups is 1. The number of hydrogen-bond acceptors (Lipinski definition) is 4. The number of nitrogens with zero attached hydrogens (tertiary/aromatic N) is 2. The van der Waals surface area contributed by atoms with Gasteiger partial charge < -0.3 is 5.32 Å². The summed E-state index contributed by atoms with van der Waals surface area (Å²) in [5.41, 5.74) is 2.03. The molecule has 0 saturated carbocycles. The first-order chi connectivity index (χ1) is 10.3. The molecule has 0 bridgehead atoms. The molecule has 1 heterocycles. The summed E-state index contributed by atoms with van der Waals surface area (Å²) < 4.78 is 24.8. The second-order valence-corrected chi connectivity index (χ2v) is 7.12. The lowest BCUT2D eigenvalue weighted by Gasteiger charge is -2.08. The normalized spacial score (nSPS) is 11.4. The van der Waals surface area contributed by atoms with E-state index in [-0.39, 0.29) is 5.91 Å². The van der Waals surface area contributed by atoms with Crippen LogP contribution in [0.1, 0.15) is 28.4 Å². The number of carbonyl (C=O) groups excluding carboxylic acids is 1. The van der Waals surface area contributed by atoms with E-state index in [0.29, 0.717) is 29.1 Å². The van der Waals surface area contributed by atoms with Gasteiger partial charge in [-0.15, -0.1) is 0 Å². The minimum absolute atomic E-state index is 0.204. The predicted octanol–water partition coefficient (Wildman–Crippen LogP) is 1.54. The molecule has 6 nitrogen and oxygen atoms in total. The zero-order valence-electron chi connectivity index (χ0n) is 12.8. The van der Waals surface area contributed by atoms with Gasteiger partial charge in [0.1, 0.15) is 0 Å². The van der Waals surface area contributed by atoms with Crippen LogP contribution < -0.4 is 5.32 Å². The van der Waals surface area contributed by atoms with Gasteiger partial charge in [-0.25, -0.2) is 8.42 Å². The van der Waals surface area contributed by atoms with Crippen LogP contribution in [0.5, 0.6) is 0 Å². The van der Waals surface area contributed by atoms with Gasteiger partial charge in [0.25, 0.3) is 5.91 Å². The zero-order chi connectivity index (χ0) is 16.3. The lowest BCUT2D eigenvalue weighted by molar-refractivity contribution is 0.0951. The minimum atomic E-state index is -3.22. The highest BCUT2D eigenvalue weighted by atomic mass is 32.2. The second-order valence-electron chi connectivity index (χ2n) is 5.14. The van der Waals surface area contributed by atoms with Crippen LogP contribution in [0.25, 0.3) is 0 Å². The summed E-state index contributed by atoms with van der Waals surface area (Å²) in [6.07, 6.45) is 4.40. The molecule has 1 aromatic carbocycles. The molecule has 2 aromatic rings. The number of benzene rings is 1. The van der Waals surface area contributed by atoms with Crippen LogP contribution >= 0.6 is 0 Å². The summed E-state index contributed by atoms with van der Waals surface area (Å²) in [6, 6.07) is 5.05. The van der Waals surface area contributed by atoms with Gasteiger partial charge in [0, 0.05) is 25.5 Å². The molecule has 118 valence electrons. The fraction of sp³-hybridized carbons (Fsp3) is 0.333. The fourth-order valence-corrected chi connectivity index (χ4v) is 3.13. The molecule has 0 atom stereocenters. The highest BCUT2D eigenvalue weighted by Gasteiger charge is 2.12. The molecule has 0 spiro atoms. The van der Waals surface area contributed by atoms with Crippen LogP contribution in [0.2, 0.25) is 0 Å². The molecular weight excluding hydrogens is 302 g/mol. The molecule has 0 aliphatic carbocycles. The standard InChI is InChI=1S/C15H19N3O3S/c1-4-18-10-13(9-17-18)15(19)16-8-12-5-6-14(11(2)7-12)22(3,20)21/h5-7,9-10H,4,8H2,1-3H3,(H,16,19). The first-order valence-electron chi connectivity index (χ1n) is 6.91. The molecule has 7 heteroatoms. The molecule has 1 N–H and O–H groups in total. The van der Waals surface area contributed by atoms with Crippen LogP contribution in [0, 0.1) is 6.92 Å². The maximum atomic E-state index is 12.0. The van der Waals surface area contributed by atoms with Crippen molar-refractivity contribution in [2.75, 3.05) is 6.26 Å². The third-order valence-electron chi connectivity index (χ3n) is 3.31. The number of amides is 1. The van der Waals surface area contributed by atoms with Crippen molar-refractivity contribution in [2.45, 2.75) is 31.8 Å². The maximum Gasteiger partial charge on any atom is 0.254 e. The Hall–Kier alpha value is -2.15. The van der Waals surface area contributed by atoms with Crippen molar-refractivity contribution in [2.24, 2.45) is 0 Å². The number of hydrogen-bond donors (Lipinski definition) is 1. The highest BCUT2D eigenvalue weighted by molar-refractivity contribution is 7.90. The molecule has 0 fully saturated rings. The molecular formula is C15H19N3O3S. The van der Waals surface area contributed by atoms with E-state index in [9.17, 15) is 13.2 Å². The Bertz CT molecular complexity index is 794. The number of carbonyl (C=O) groups is 1. The van der Waals surface area contributed by atoms with Crippen LogP contribution in [0.15, 0.2) is 35.5 Å². The van der Waals surface area contributed by atoms with Crippen molar-refractivity contribution < 1.29 is 13.2 Å². The van der Waals surface area contributed by atoms with E-state index in [4.69, 9.17) is 0 Å². The van der Waals surface area contributed by atoms with Crippen LogP contribution in [-0.4, -0.2) is 30.4 Å². The fourth-order valence-electron chi connectivity index (χ4n) is 2.18. The lowest BCUT2D eigenvalue weighted by atomic mass is 10.1. The maximum absolute atomic E-state index is 12.0. The summed E-state index contributed by atoms with van der Waals surface area (Å²) in [5.74, 6) is -0.204. The van der Waals surface area contributed by atoms with Gasteiger partial charge >= 0.3 is 0 Å². The molecule has 22 heavy (non-hydrogen) atoms. The SMILES string of the molecule is CCn1cc(C(=O)NCc2ccc(S(C)(=O)=O)c(C)c2)cn1. The van der Waals surface area contributed by atoms with Gasteiger partial charge in [0.05, 0.1) is 16.7 Å². The largest absolute Gasteiger partial charge is 0.348 e. The molecule has 0 radical (unpaired) electrons. The molecule has 0 aliphatic rings. The molecule has 1 aromatic heterocycles. The average molecular weight is 321 g/mol. The minimum Gasteiger partial charge on any atom is -0.348 e. The summed E-state index contributed by atoms with van der Waals surface area (Å²) in [5, 5.41) is 6.85.